The Bertz CT molecular complexity index is 719. The van der Waals surface area contributed by atoms with Gasteiger partial charge in [-0.3, -0.25) is 9.48 Å². The van der Waals surface area contributed by atoms with E-state index in [0.717, 1.165) is 28.9 Å². The summed E-state index contributed by atoms with van der Waals surface area (Å²) >= 11 is 0. The Kier molecular flexibility index (Phi) is 2.26. The van der Waals surface area contributed by atoms with Gasteiger partial charge in [-0.25, -0.2) is 4.98 Å². The molecule has 3 aromatic rings. The molecule has 3 aromatic heterocycles. The normalized spacial score (nSPS) is 11.0. The maximum absolute atomic E-state index is 10.7. The van der Waals surface area contributed by atoms with E-state index in [0.29, 0.717) is 5.56 Å². The molecule has 0 bridgehead atoms. The lowest BCUT2D eigenvalue weighted by Crippen LogP contribution is -1.94. The molecule has 0 spiro atoms. The van der Waals surface area contributed by atoms with E-state index < -0.39 is 0 Å². The lowest BCUT2D eigenvalue weighted by Gasteiger charge is -1.97. The number of aromatic nitrogens is 4. The molecule has 0 unspecified atom stereocenters. The second-order valence-corrected chi connectivity index (χ2v) is 4.27. The molecule has 0 fully saturated rings. The van der Waals surface area contributed by atoms with E-state index in [4.69, 9.17) is 0 Å². The minimum absolute atomic E-state index is 0.626. The first-order chi connectivity index (χ1) is 8.69. The average molecular weight is 240 g/mol. The molecule has 0 aliphatic carbocycles. The first-order valence-corrected chi connectivity index (χ1v) is 5.62. The molecule has 0 atom stereocenters. The fourth-order valence-corrected chi connectivity index (χ4v) is 2.10. The van der Waals surface area contributed by atoms with Crippen molar-refractivity contribution >= 4 is 11.9 Å². The Hall–Kier alpha value is -2.43. The highest BCUT2D eigenvalue weighted by molar-refractivity contribution is 5.77. The van der Waals surface area contributed by atoms with Crippen LogP contribution in [0.5, 0.6) is 0 Å². The fourth-order valence-electron chi connectivity index (χ4n) is 2.10. The maximum Gasteiger partial charge on any atom is 0.150 e. The summed E-state index contributed by atoms with van der Waals surface area (Å²) < 4.78 is 3.70. The number of pyridine rings is 1. The summed E-state index contributed by atoms with van der Waals surface area (Å²) in [5.41, 5.74) is 4.31. The molecule has 0 amide bonds. The lowest BCUT2D eigenvalue weighted by atomic mass is 10.2. The van der Waals surface area contributed by atoms with E-state index in [9.17, 15) is 4.79 Å². The van der Waals surface area contributed by atoms with Crippen molar-refractivity contribution in [2.75, 3.05) is 0 Å². The average Bonchev–Trinajstić information content (AvgIpc) is 2.91. The molecule has 3 rings (SSSR count). The summed E-state index contributed by atoms with van der Waals surface area (Å²) in [6.45, 7) is 2.00. The van der Waals surface area contributed by atoms with Gasteiger partial charge in [0, 0.05) is 25.0 Å². The van der Waals surface area contributed by atoms with Crippen molar-refractivity contribution < 1.29 is 4.79 Å². The number of imidazole rings is 1. The lowest BCUT2D eigenvalue weighted by molar-refractivity contribution is 0.112. The summed E-state index contributed by atoms with van der Waals surface area (Å²) in [7, 11) is 1.89. The summed E-state index contributed by atoms with van der Waals surface area (Å²) in [5, 5.41) is 4.21. The van der Waals surface area contributed by atoms with Crippen molar-refractivity contribution in [3.8, 4) is 11.4 Å². The largest absolute Gasteiger partial charge is 0.306 e. The molecule has 0 N–H and O–H groups in total. The molecule has 90 valence electrons. The molecule has 5 nitrogen and oxygen atoms in total. The summed E-state index contributed by atoms with van der Waals surface area (Å²) in [6, 6.07) is 3.53. The predicted octanol–water partition coefficient (Wildman–Crippen LogP) is 1.86. The van der Waals surface area contributed by atoms with Crippen molar-refractivity contribution in [1.29, 1.82) is 0 Å². The Labute approximate surface area is 104 Å². The molecular formula is C13H12N4O. The minimum Gasteiger partial charge on any atom is -0.306 e. The quantitative estimate of drug-likeness (QED) is 0.642. The molecule has 0 radical (unpaired) electrons. The third kappa shape index (κ3) is 1.52. The van der Waals surface area contributed by atoms with Gasteiger partial charge in [0.15, 0.2) is 0 Å². The van der Waals surface area contributed by atoms with Crippen molar-refractivity contribution in [1.82, 2.24) is 19.2 Å². The number of fused-ring (bicyclic) bond motifs is 1. The molecule has 0 aliphatic rings. The van der Waals surface area contributed by atoms with Crippen LogP contribution in [0.3, 0.4) is 0 Å². The van der Waals surface area contributed by atoms with Gasteiger partial charge < -0.3 is 4.40 Å². The molecule has 0 aromatic carbocycles. The van der Waals surface area contributed by atoms with Crippen LogP contribution in [0, 0.1) is 6.92 Å². The summed E-state index contributed by atoms with van der Waals surface area (Å²) in [6.07, 6.45) is 6.41. The van der Waals surface area contributed by atoms with E-state index in [1.165, 1.54) is 0 Å². The zero-order valence-corrected chi connectivity index (χ0v) is 10.2. The maximum atomic E-state index is 10.7. The molecule has 18 heavy (non-hydrogen) atoms. The van der Waals surface area contributed by atoms with Gasteiger partial charge in [-0.05, 0) is 24.6 Å². The van der Waals surface area contributed by atoms with Crippen molar-refractivity contribution in [2.45, 2.75) is 6.92 Å². The number of hydrogen-bond donors (Lipinski definition) is 0. The third-order valence-corrected chi connectivity index (χ3v) is 2.98. The van der Waals surface area contributed by atoms with Gasteiger partial charge in [0.25, 0.3) is 0 Å². The van der Waals surface area contributed by atoms with E-state index in [-0.39, 0.29) is 0 Å². The number of aryl methyl sites for hydroxylation is 2. The van der Waals surface area contributed by atoms with Crippen LogP contribution in [0.1, 0.15) is 15.9 Å². The number of rotatable bonds is 2. The minimum atomic E-state index is 0.626. The van der Waals surface area contributed by atoms with Crippen molar-refractivity contribution in [2.24, 2.45) is 7.05 Å². The van der Waals surface area contributed by atoms with Crippen molar-refractivity contribution in [3.63, 3.8) is 0 Å². The van der Waals surface area contributed by atoms with Crippen molar-refractivity contribution in [3.05, 3.63) is 41.9 Å². The highest BCUT2D eigenvalue weighted by Gasteiger charge is 2.11. The van der Waals surface area contributed by atoms with E-state index in [1.807, 2.05) is 37.0 Å². The molecule has 5 heteroatoms. The summed E-state index contributed by atoms with van der Waals surface area (Å²) in [5.74, 6) is 0. The van der Waals surface area contributed by atoms with Gasteiger partial charge >= 0.3 is 0 Å². The van der Waals surface area contributed by atoms with Gasteiger partial charge in [-0.15, -0.1) is 0 Å². The van der Waals surface area contributed by atoms with E-state index in [1.54, 1.807) is 16.8 Å². The van der Waals surface area contributed by atoms with Gasteiger partial charge in [-0.2, -0.15) is 5.10 Å². The third-order valence-electron chi connectivity index (χ3n) is 2.98. The number of nitrogens with zero attached hydrogens (tertiary/aromatic N) is 4. The zero-order valence-electron chi connectivity index (χ0n) is 10.2. The molecule has 0 aliphatic heterocycles. The summed E-state index contributed by atoms with van der Waals surface area (Å²) in [4.78, 5) is 15.3. The molecule has 0 saturated heterocycles. The van der Waals surface area contributed by atoms with Crippen LogP contribution in [-0.2, 0) is 7.05 Å². The second kappa shape index (κ2) is 3.80. The Morgan fingerprint density at radius 3 is 2.89 bits per heavy atom. The first-order valence-electron chi connectivity index (χ1n) is 5.62. The topological polar surface area (TPSA) is 52.2 Å². The zero-order chi connectivity index (χ0) is 12.7. The highest BCUT2D eigenvalue weighted by atomic mass is 16.1. The van der Waals surface area contributed by atoms with Gasteiger partial charge in [0.05, 0.1) is 11.9 Å². The van der Waals surface area contributed by atoms with Crippen LogP contribution in [0.4, 0.5) is 0 Å². The van der Waals surface area contributed by atoms with Gasteiger partial charge in [0.2, 0.25) is 0 Å². The smallest absolute Gasteiger partial charge is 0.150 e. The monoisotopic (exact) mass is 240 g/mol. The first kappa shape index (κ1) is 10.7. The van der Waals surface area contributed by atoms with E-state index in [2.05, 4.69) is 10.1 Å². The van der Waals surface area contributed by atoms with Crippen LogP contribution >= 0.6 is 0 Å². The van der Waals surface area contributed by atoms with E-state index >= 15 is 0 Å². The van der Waals surface area contributed by atoms with Crippen LogP contribution in [-0.4, -0.2) is 25.5 Å². The Balaban J connectivity index is 2.22. The van der Waals surface area contributed by atoms with Gasteiger partial charge in [-0.1, -0.05) is 0 Å². The standard InChI is InChI=1S/C13H12N4O/c1-9-6-14-16(2)13(9)11-7-17-4-3-10(8-18)5-12(17)15-11/h3-8H,1-2H3. The molecular weight excluding hydrogens is 228 g/mol. The predicted molar refractivity (Wildman–Crippen MR) is 67.5 cm³/mol. The van der Waals surface area contributed by atoms with Crippen LogP contribution in [0.25, 0.3) is 17.0 Å². The fraction of sp³-hybridized carbons (Fsp3) is 0.154. The number of hydrogen-bond acceptors (Lipinski definition) is 3. The van der Waals surface area contributed by atoms with Crippen LogP contribution in [0.2, 0.25) is 0 Å². The Morgan fingerprint density at radius 2 is 2.22 bits per heavy atom. The SMILES string of the molecule is Cc1cnn(C)c1-c1cn2ccc(C=O)cc2n1. The molecule has 0 saturated carbocycles. The highest BCUT2D eigenvalue weighted by Crippen LogP contribution is 2.22. The van der Waals surface area contributed by atoms with Crippen LogP contribution in [0.15, 0.2) is 30.7 Å². The number of carbonyl (C=O) groups is 1. The molecule has 3 heterocycles. The second-order valence-electron chi connectivity index (χ2n) is 4.27. The number of carbonyl (C=O) groups excluding carboxylic acids is 1. The van der Waals surface area contributed by atoms with Crippen LogP contribution < -0.4 is 0 Å². The Morgan fingerprint density at radius 1 is 1.39 bits per heavy atom. The van der Waals surface area contributed by atoms with Gasteiger partial charge in [0.1, 0.15) is 17.6 Å². The number of aldehydes is 1.